The van der Waals surface area contributed by atoms with Gasteiger partial charge in [-0.05, 0) is 45.0 Å². The van der Waals surface area contributed by atoms with Crippen molar-refractivity contribution in [1.82, 2.24) is 0 Å². The van der Waals surface area contributed by atoms with E-state index in [0.29, 0.717) is 17.6 Å². The molecule has 140 valence electrons. The fourth-order valence-electron chi connectivity index (χ4n) is 2.14. The Morgan fingerprint density at radius 2 is 1.88 bits per heavy atom. The smallest absolute Gasteiger partial charge is 0.416 e. The number of rotatable bonds is 4. The lowest BCUT2D eigenvalue weighted by Crippen LogP contribution is -2.30. The topological polar surface area (TPSA) is 68.5 Å². The number of hydrogen-bond donors (Lipinski definition) is 1. The average Bonchev–Trinajstić information content (AvgIpc) is 2.86. The molecule has 0 aliphatic carbocycles. The fraction of sp³-hybridized carbons (Fsp3) is 0.294. The van der Waals surface area contributed by atoms with Crippen LogP contribution < -0.4 is 5.32 Å². The summed E-state index contributed by atoms with van der Waals surface area (Å²) in [5.41, 5.74) is -1.03. The molecule has 0 aliphatic rings. The van der Waals surface area contributed by atoms with Crippen molar-refractivity contribution < 1.29 is 31.9 Å². The minimum Gasteiger partial charge on any atom is -0.466 e. The summed E-state index contributed by atoms with van der Waals surface area (Å²) in [4.78, 5) is 24.2. The predicted octanol–water partition coefficient (Wildman–Crippen LogP) is 4.75. The molecule has 0 unspecified atom stereocenters. The second-order valence-electron chi connectivity index (χ2n) is 5.56. The van der Waals surface area contributed by atoms with E-state index in [2.05, 4.69) is 5.32 Å². The molecular formula is C17H15ClF3NO4. The number of halogens is 4. The molecule has 0 bridgehead atoms. The van der Waals surface area contributed by atoms with Crippen LogP contribution in [-0.4, -0.2) is 18.0 Å². The van der Waals surface area contributed by atoms with Gasteiger partial charge in [-0.15, -0.1) is 0 Å². The highest BCUT2D eigenvalue weighted by Gasteiger charge is 2.31. The van der Waals surface area contributed by atoms with Gasteiger partial charge in [0.15, 0.2) is 6.10 Å². The molecular weight excluding hydrogens is 375 g/mol. The van der Waals surface area contributed by atoms with Crippen LogP contribution in [0.15, 0.2) is 28.7 Å². The molecule has 2 aromatic rings. The van der Waals surface area contributed by atoms with Crippen LogP contribution in [0.4, 0.5) is 18.9 Å². The molecule has 1 aromatic carbocycles. The number of aryl methyl sites for hydroxylation is 2. The summed E-state index contributed by atoms with van der Waals surface area (Å²) in [6.07, 6.45) is -5.85. The standard InChI is InChI=1S/C17H15ClF3NO4/c1-8-6-12(9(2)25-8)16(24)26-10(3)15(23)22-14-7-11(17(19,20)21)4-5-13(14)18/h4-7,10H,1-3H3,(H,22,23)/t10-/m1/s1. The Kier molecular flexibility index (Phi) is 5.65. The van der Waals surface area contributed by atoms with Gasteiger partial charge in [0.05, 0.1) is 16.3 Å². The van der Waals surface area contributed by atoms with Gasteiger partial charge in [0, 0.05) is 0 Å². The van der Waals surface area contributed by atoms with Crippen molar-refractivity contribution in [2.75, 3.05) is 5.32 Å². The number of hydrogen-bond acceptors (Lipinski definition) is 4. The number of ether oxygens (including phenoxy) is 1. The van der Waals surface area contributed by atoms with Gasteiger partial charge >= 0.3 is 12.1 Å². The van der Waals surface area contributed by atoms with E-state index in [1.165, 1.54) is 13.0 Å². The number of alkyl halides is 3. The van der Waals surface area contributed by atoms with Gasteiger partial charge in [0.2, 0.25) is 0 Å². The van der Waals surface area contributed by atoms with Gasteiger partial charge in [0.1, 0.15) is 17.1 Å². The maximum absolute atomic E-state index is 12.8. The van der Waals surface area contributed by atoms with Gasteiger partial charge in [-0.1, -0.05) is 11.6 Å². The summed E-state index contributed by atoms with van der Waals surface area (Å²) in [6, 6.07) is 3.99. The van der Waals surface area contributed by atoms with Crippen LogP contribution in [0.2, 0.25) is 5.02 Å². The first-order chi connectivity index (χ1) is 12.0. The Hall–Kier alpha value is -2.48. The summed E-state index contributed by atoms with van der Waals surface area (Å²) in [5.74, 6) is -0.766. The Morgan fingerprint density at radius 3 is 2.42 bits per heavy atom. The third kappa shape index (κ3) is 4.57. The number of nitrogens with one attached hydrogen (secondary N) is 1. The van der Waals surface area contributed by atoms with Crippen molar-refractivity contribution >= 4 is 29.2 Å². The van der Waals surface area contributed by atoms with Crippen molar-refractivity contribution in [1.29, 1.82) is 0 Å². The van der Waals surface area contributed by atoms with Crippen LogP contribution in [0, 0.1) is 13.8 Å². The van der Waals surface area contributed by atoms with Crippen molar-refractivity contribution in [3.8, 4) is 0 Å². The Balaban J connectivity index is 2.10. The van der Waals surface area contributed by atoms with E-state index in [9.17, 15) is 22.8 Å². The number of esters is 1. The number of benzene rings is 1. The fourth-order valence-corrected chi connectivity index (χ4v) is 2.31. The van der Waals surface area contributed by atoms with Crippen LogP contribution in [0.3, 0.4) is 0 Å². The van der Waals surface area contributed by atoms with E-state index in [1.807, 2.05) is 0 Å². The molecule has 5 nitrogen and oxygen atoms in total. The first-order valence-electron chi connectivity index (χ1n) is 7.44. The van der Waals surface area contributed by atoms with Crippen LogP contribution in [0.1, 0.15) is 34.4 Å². The zero-order valence-corrected chi connectivity index (χ0v) is 14.8. The number of anilines is 1. The lowest BCUT2D eigenvalue weighted by atomic mass is 10.2. The lowest BCUT2D eigenvalue weighted by Gasteiger charge is -2.15. The Morgan fingerprint density at radius 1 is 1.23 bits per heavy atom. The zero-order chi connectivity index (χ0) is 19.6. The number of furan rings is 1. The minimum absolute atomic E-state index is 0.0776. The van der Waals surface area contributed by atoms with Crippen molar-refractivity contribution in [2.45, 2.75) is 33.1 Å². The lowest BCUT2D eigenvalue weighted by molar-refractivity contribution is -0.137. The maximum Gasteiger partial charge on any atom is 0.416 e. The van der Waals surface area contributed by atoms with Crippen LogP contribution >= 0.6 is 11.6 Å². The third-order valence-corrected chi connectivity index (χ3v) is 3.80. The summed E-state index contributed by atoms with van der Waals surface area (Å²) < 4.78 is 48.5. The number of amides is 1. The number of carbonyl (C=O) groups is 2. The molecule has 0 aliphatic heterocycles. The van der Waals surface area contributed by atoms with Gasteiger partial charge in [-0.3, -0.25) is 4.79 Å². The molecule has 0 radical (unpaired) electrons. The van der Waals surface area contributed by atoms with Crippen LogP contribution in [0.5, 0.6) is 0 Å². The van der Waals surface area contributed by atoms with E-state index < -0.39 is 29.7 Å². The normalized spacial score (nSPS) is 12.6. The predicted molar refractivity (Wildman–Crippen MR) is 88.1 cm³/mol. The molecule has 0 spiro atoms. The van der Waals surface area contributed by atoms with E-state index in [1.54, 1.807) is 13.8 Å². The van der Waals surface area contributed by atoms with Crippen LogP contribution in [-0.2, 0) is 15.7 Å². The summed E-state index contributed by atoms with van der Waals surface area (Å²) in [5, 5.41) is 2.15. The molecule has 1 amide bonds. The molecule has 0 saturated carbocycles. The maximum atomic E-state index is 12.8. The molecule has 0 saturated heterocycles. The van der Waals surface area contributed by atoms with Crippen LogP contribution in [0.25, 0.3) is 0 Å². The highest BCUT2D eigenvalue weighted by Crippen LogP contribution is 2.33. The van der Waals surface area contributed by atoms with Crippen molar-refractivity contribution in [3.05, 3.63) is 51.9 Å². The third-order valence-electron chi connectivity index (χ3n) is 3.47. The van der Waals surface area contributed by atoms with Crippen molar-refractivity contribution in [3.63, 3.8) is 0 Å². The molecule has 26 heavy (non-hydrogen) atoms. The van der Waals surface area contributed by atoms with E-state index in [0.717, 1.165) is 12.1 Å². The quantitative estimate of drug-likeness (QED) is 0.766. The molecule has 0 fully saturated rings. The molecule has 1 aromatic heterocycles. The minimum atomic E-state index is -4.58. The van der Waals surface area contributed by atoms with Crippen molar-refractivity contribution in [2.24, 2.45) is 0 Å². The van der Waals surface area contributed by atoms with E-state index >= 15 is 0 Å². The Bertz CT molecular complexity index is 845. The van der Waals surface area contributed by atoms with Gasteiger partial charge in [0.25, 0.3) is 5.91 Å². The van der Waals surface area contributed by atoms with Gasteiger partial charge < -0.3 is 14.5 Å². The summed E-state index contributed by atoms with van der Waals surface area (Å²) >= 11 is 5.82. The number of carbonyl (C=O) groups excluding carboxylic acids is 2. The average molecular weight is 390 g/mol. The first kappa shape index (κ1) is 19.8. The Labute approximate surface area is 152 Å². The molecule has 1 atom stereocenters. The molecule has 1 heterocycles. The van der Waals surface area contributed by atoms with E-state index in [4.69, 9.17) is 20.8 Å². The highest BCUT2D eigenvalue weighted by molar-refractivity contribution is 6.33. The monoisotopic (exact) mass is 389 g/mol. The highest BCUT2D eigenvalue weighted by atomic mass is 35.5. The first-order valence-corrected chi connectivity index (χ1v) is 7.82. The van der Waals surface area contributed by atoms with Gasteiger partial charge in [-0.2, -0.15) is 13.2 Å². The second-order valence-corrected chi connectivity index (χ2v) is 5.96. The zero-order valence-electron chi connectivity index (χ0n) is 14.0. The largest absolute Gasteiger partial charge is 0.466 e. The van der Waals surface area contributed by atoms with E-state index in [-0.39, 0.29) is 16.3 Å². The SMILES string of the molecule is Cc1cc(C(=O)O[C@H](C)C(=O)Nc2cc(C(F)(F)F)ccc2Cl)c(C)o1. The summed E-state index contributed by atoms with van der Waals surface area (Å²) in [6.45, 7) is 4.50. The second kappa shape index (κ2) is 7.41. The molecule has 9 heteroatoms. The molecule has 1 N–H and O–H groups in total. The van der Waals surface area contributed by atoms with Gasteiger partial charge in [-0.25, -0.2) is 4.79 Å². The summed E-state index contributed by atoms with van der Waals surface area (Å²) in [7, 11) is 0. The molecule has 2 rings (SSSR count).